The van der Waals surface area contributed by atoms with Crippen molar-refractivity contribution in [3.63, 3.8) is 0 Å². The molecule has 3 aromatic carbocycles. The molecular formula is C35H45BrN3O6PS2. The second-order valence-electron chi connectivity index (χ2n) is 10.8. The molecule has 4 N–H and O–H groups in total. The van der Waals surface area contributed by atoms with Gasteiger partial charge < -0.3 is 42.8 Å². The predicted octanol–water partition coefficient (Wildman–Crippen LogP) is 0.591. The average Bonchev–Trinajstić information content (AvgIpc) is 3.12. The van der Waals surface area contributed by atoms with Gasteiger partial charge in [-0.1, -0.05) is 76.2 Å². The highest BCUT2D eigenvalue weighted by molar-refractivity contribution is 8.76. The molecular weight excluding hydrogens is 733 g/mol. The fourth-order valence-corrected chi connectivity index (χ4v) is 11.8. The average molecular weight is 779 g/mol. The number of hydrogen-bond acceptors (Lipinski definition) is 9. The van der Waals surface area contributed by atoms with E-state index in [-0.39, 0.29) is 36.4 Å². The minimum atomic E-state index is -1.85. The lowest BCUT2D eigenvalue weighted by molar-refractivity contribution is -0.142. The molecule has 0 saturated heterocycles. The maximum Gasteiger partial charge on any atom is 0.325 e. The Hall–Kier alpha value is -2.89. The van der Waals surface area contributed by atoms with Crippen molar-refractivity contribution in [2.24, 2.45) is 5.73 Å². The van der Waals surface area contributed by atoms with Crippen LogP contribution in [-0.2, 0) is 28.7 Å². The van der Waals surface area contributed by atoms with Gasteiger partial charge in [0.15, 0.2) is 0 Å². The topological polar surface area (TPSA) is 137 Å². The van der Waals surface area contributed by atoms with Gasteiger partial charge in [-0.3, -0.25) is 19.2 Å². The highest BCUT2D eigenvalue weighted by Gasteiger charge is 2.44. The monoisotopic (exact) mass is 777 g/mol. The molecule has 0 aromatic heterocycles. The normalized spacial score (nSPS) is 12.1. The van der Waals surface area contributed by atoms with E-state index in [1.165, 1.54) is 40.9 Å². The van der Waals surface area contributed by atoms with Crippen LogP contribution in [0.5, 0.6) is 0 Å². The van der Waals surface area contributed by atoms with Crippen LogP contribution in [-0.4, -0.2) is 74.3 Å². The molecule has 0 saturated carbocycles. The first kappa shape index (κ1) is 41.3. The summed E-state index contributed by atoms with van der Waals surface area (Å²) in [6.07, 6.45) is 4.24. The molecule has 13 heteroatoms. The van der Waals surface area contributed by atoms with Crippen LogP contribution in [0, 0.1) is 0 Å². The van der Waals surface area contributed by atoms with Crippen molar-refractivity contribution in [1.82, 2.24) is 10.6 Å². The predicted molar refractivity (Wildman–Crippen MR) is 195 cm³/mol. The molecule has 0 radical (unpaired) electrons. The number of ether oxygens (including phenoxy) is 2. The molecule has 3 aromatic rings. The molecule has 2 unspecified atom stereocenters. The molecule has 3 rings (SSSR count). The zero-order valence-corrected chi connectivity index (χ0v) is 31.5. The van der Waals surface area contributed by atoms with Gasteiger partial charge in [-0.15, -0.1) is 0 Å². The highest BCUT2D eigenvalue weighted by atomic mass is 79.9. The SMILES string of the molecule is COC(=O)CNC(=O)C(CSSCCCCC[P+](c1ccccc1)(c1ccccc1)c1ccccc1)NC(=O)CCC(N)C(=O)OC.[Br-]. The molecule has 2 amide bonds. The summed E-state index contributed by atoms with van der Waals surface area (Å²) in [5.74, 6) is -0.918. The summed E-state index contributed by atoms with van der Waals surface area (Å²) >= 11 is 0. The van der Waals surface area contributed by atoms with Crippen molar-refractivity contribution in [3.05, 3.63) is 91.0 Å². The Bertz CT molecular complexity index is 1310. The van der Waals surface area contributed by atoms with Gasteiger partial charge in [0, 0.05) is 17.9 Å². The highest BCUT2D eigenvalue weighted by Crippen LogP contribution is 2.56. The number of methoxy groups -OCH3 is 2. The number of amides is 2. The van der Waals surface area contributed by atoms with Gasteiger partial charge >= 0.3 is 11.9 Å². The Kier molecular flexibility index (Phi) is 19.5. The van der Waals surface area contributed by atoms with Crippen LogP contribution >= 0.6 is 28.9 Å². The number of halogens is 1. The third kappa shape index (κ3) is 12.9. The molecule has 9 nitrogen and oxygen atoms in total. The molecule has 0 aliphatic carbocycles. The van der Waals surface area contributed by atoms with Crippen molar-refractivity contribution in [2.45, 2.75) is 44.2 Å². The van der Waals surface area contributed by atoms with E-state index in [9.17, 15) is 19.2 Å². The summed E-state index contributed by atoms with van der Waals surface area (Å²) in [5.41, 5.74) is 5.73. The largest absolute Gasteiger partial charge is 1.00 e. The van der Waals surface area contributed by atoms with Gasteiger partial charge in [0.25, 0.3) is 0 Å². The van der Waals surface area contributed by atoms with Crippen molar-refractivity contribution in [3.8, 4) is 0 Å². The van der Waals surface area contributed by atoms with E-state index in [0.717, 1.165) is 31.2 Å². The van der Waals surface area contributed by atoms with Crippen LogP contribution in [0.15, 0.2) is 91.0 Å². The quantitative estimate of drug-likeness (QED) is 0.0653. The van der Waals surface area contributed by atoms with Crippen molar-refractivity contribution in [1.29, 1.82) is 0 Å². The van der Waals surface area contributed by atoms with Crippen LogP contribution < -0.4 is 49.3 Å². The Morgan fingerprint density at radius 2 is 1.31 bits per heavy atom. The van der Waals surface area contributed by atoms with Gasteiger partial charge in [0.2, 0.25) is 11.8 Å². The number of benzene rings is 3. The van der Waals surface area contributed by atoms with E-state index < -0.39 is 43.1 Å². The first-order valence-corrected chi connectivity index (χ1v) is 20.0. The van der Waals surface area contributed by atoms with Gasteiger partial charge in [-0.2, -0.15) is 0 Å². The molecule has 0 bridgehead atoms. The van der Waals surface area contributed by atoms with E-state index in [1.807, 2.05) is 0 Å². The standard InChI is InChI=1S/C35H44N3O6PS2.BrH/c1-43-33(40)25-37-34(41)31(38-32(39)22-21-30(36)35(42)44-2)26-47-46-24-14-6-13-23-45(27-15-7-3-8-16-27,28-17-9-4-10-18-28)29-19-11-5-12-20-29;/h3-5,7-12,15-20,30-31H,6,13-14,21-26,36H2,1-2H3,(H-,37,38,39,41);1H. The fraction of sp³-hybridized carbons (Fsp3) is 0.371. The summed E-state index contributed by atoms with van der Waals surface area (Å²) in [7, 11) is 3.75. The first-order chi connectivity index (χ1) is 22.8. The van der Waals surface area contributed by atoms with Crippen molar-refractivity contribution >= 4 is 68.5 Å². The van der Waals surface area contributed by atoms with Gasteiger partial charge in [0.1, 0.15) is 41.8 Å². The third-order valence-electron chi connectivity index (χ3n) is 7.60. The Morgan fingerprint density at radius 1 is 0.771 bits per heavy atom. The summed E-state index contributed by atoms with van der Waals surface area (Å²) in [6.45, 7) is -0.300. The first-order valence-electron chi connectivity index (χ1n) is 15.6. The molecule has 0 heterocycles. The smallest absolute Gasteiger partial charge is 0.325 e. The lowest BCUT2D eigenvalue weighted by atomic mass is 10.1. The lowest BCUT2D eigenvalue weighted by Crippen LogP contribution is -3.00. The van der Waals surface area contributed by atoms with E-state index in [1.54, 1.807) is 10.8 Å². The molecule has 0 spiro atoms. The summed E-state index contributed by atoms with van der Waals surface area (Å²) in [6, 6.07) is 30.8. The fourth-order valence-electron chi connectivity index (χ4n) is 5.10. The Balaban J connectivity index is 0.00000800. The number of hydrogen-bond donors (Lipinski definition) is 3. The maximum atomic E-state index is 12.8. The van der Waals surface area contributed by atoms with E-state index >= 15 is 0 Å². The summed E-state index contributed by atoms with van der Waals surface area (Å²) in [5, 5.41) is 9.36. The van der Waals surface area contributed by atoms with Crippen LogP contribution in [0.2, 0.25) is 0 Å². The Morgan fingerprint density at radius 3 is 1.81 bits per heavy atom. The van der Waals surface area contributed by atoms with Crippen LogP contribution in [0.1, 0.15) is 32.1 Å². The van der Waals surface area contributed by atoms with Gasteiger partial charge in [0.05, 0.1) is 20.4 Å². The maximum absolute atomic E-state index is 12.8. The van der Waals surface area contributed by atoms with Crippen molar-refractivity contribution in [2.75, 3.05) is 38.4 Å². The molecule has 2 atom stereocenters. The number of nitrogens with two attached hydrogens (primary N) is 1. The zero-order valence-electron chi connectivity index (χ0n) is 27.3. The van der Waals surface area contributed by atoms with E-state index in [2.05, 4.69) is 111 Å². The summed E-state index contributed by atoms with van der Waals surface area (Å²) < 4.78 is 9.19. The zero-order chi connectivity index (χ0) is 33.9. The minimum Gasteiger partial charge on any atom is -1.00 e. The number of carbonyl (C=O) groups excluding carboxylic acids is 4. The summed E-state index contributed by atoms with van der Waals surface area (Å²) in [4.78, 5) is 48.4. The number of esters is 2. The van der Waals surface area contributed by atoms with Gasteiger partial charge in [-0.25, -0.2) is 0 Å². The number of unbranched alkanes of at least 4 members (excludes halogenated alkanes) is 2. The Labute approximate surface area is 302 Å². The van der Waals surface area contributed by atoms with Crippen LogP contribution in [0.3, 0.4) is 0 Å². The molecule has 0 aliphatic rings. The van der Waals surface area contributed by atoms with Crippen LogP contribution in [0.4, 0.5) is 0 Å². The van der Waals surface area contributed by atoms with Gasteiger partial charge in [-0.05, 0) is 62.1 Å². The lowest BCUT2D eigenvalue weighted by Gasteiger charge is -2.27. The van der Waals surface area contributed by atoms with Crippen LogP contribution in [0.25, 0.3) is 0 Å². The number of rotatable bonds is 20. The second-order valence-corrected chi connectivity index (χ2v) is 17.0. The van der Waals surface area contributed by atoms with E-state index in [4.69, 9.17) is 5.73 Å². The van der Waals surface area contributed by atoms with E-state index in [0.29, 0.717) is 5.75 Å². The third-order valence-corrected chi connectivity index (χ3v) is 14.6. The number of nitrogens with one attached hydrogen (secondary N) is 2. The van der Waals surface area contributed by atoms with Crippen molar-refractivity contribution < 1.29 is 45.6 Å². The molecule has 48 heavy (non-hydrogen) atoms. The molecule has 0 fully saturated rings. The minimum absolute atomic E-state index is 0. The second kappa shape index (κ2) is 22.7. The molecule has 0 aliphatic heterocycles. The number of carbonyl (C=O) groups is 4. The molecule has 260 valence electrons.